The molecular formula is C21H22ClFN6O3S. The van der Waals surface area contributed by atoms with E-state index in [4.69, 9.17) is 11.6 Å². The summed E-state index contributed by atoms with van der Waals surface area (Å²) in [6.45, 7) is 3.45. The number of nitrogens with one attached hydrogen (secondary N) is 2. The van der Waals surface area contributed by atoms with Crippen LogP contribution in [0.5, 0.6) is 0 Å². The molecule has 33 heavy (non-hydrogen) atoms. The second kappa shape index (κ2) is 9.84. The van der Waals surface area contributed by atoms with Crippen LogP contribution in [0.25, 0.3) is 10.3 Å². The molecule has 2 N–H and O–H groups in total. The average molecular weight is 493 g/mol. The largest absolute Gasteiger partial charge is 0.356 e. The molecule has 1 aromatic carbocycles. The number of hydrogen-bond acceptors (Lipinski definition) is 7. The molecule has 0 radical (unpaired) electrons. The first-order valence-electron chi connectivity index (χ1n) is 10.5. The zero-order valence-electron chi connectivity index (χ0n) is 17.8. The SMILES string of the molecule is CCNC(=O)[C@H]1CCCN(c2nc3ncn(CC(=O)Nc4ccc(F)cc4Cl)c(=O)c3s2)C1. The second-order valence-electron chi connectivity index (χ2n) is 7.68. The zero-order chi connectivity index (χ0) is 23.5. The van der Waals surface area contributed by atoms with Gasteiger partial charge in [0.15, 0.2) is 10.8 Å². The molecule has 1 fully saturated rings. The Hall–Kier alpha value is -3.05. The highest BCUT2D eigenvalue weighted by Gasteiger charge is 2.27. The molecule has 1 saturated heterocycles. The average Bonchev–Trinajstić information content (AvgIpc) is 3.23. The van der Waals surface area contributed by atoms with E-state index in [1.165, 1.54) is 34.4 Å². The van der Waals surface area contributed by atoms with Gasteiger partial charge in [-0.05, 0) is 38.0 Å². The number of carbonyl (C=O) groups is 2. The first kappa shape index (κ1) is 23.1. The molecule has 1 atom stereocenters. The van der Waals surface area contributed by atoms with Gasteiger partial charge in [0.25, 0.3) is 5.56 Å². The van der Waals surface area contributed by atoms with Crippen LogP contribution in [0.2, 0.25) is 5.02 Å². The van der Waals surface area contributed by atoms with Gasteiger partial charge in [-0.3, -0.25) is 19.0 Å². The molecule has 1 aliphatic heterocycles. The third kappa shape index (κ3) is 5.14. The minimum Gasteiger partial charge on any atom is -0.356 e. The highest BCUT2D eigenvalue weighted by Crippen LogP contribution is 2.29. The van der Waals surface area contributed by atoms with Crippen molar-refractivity contribution >= 4 is 55.9 Å². The van der Waals surface area contributed by atoms with Crippen molar-refractivity contribution in [3.8, 4) is 0 Å². The highest BCUT2D eigenvalue weighted by molar-refractivity contribution is 7.22. The number of halogens is 2. The van der Waals surface area contributed by atoms with Gasteiger partial charge >= 0.3 is 0 Å². The summed E-state index contributed by atoms with van der Waals surface area (Å²) in [5.74, 6) is -1.12. The summed E-state index contributed by atoms with van der Waals surface area (Å²) >= 11 is 7.14. The highest BCUT2D eigenvalue weighted by atomic mass is 35.5. The number of aromatic nitrogens is 3. The summed E-state index contributed by atoms with van der Waals surface area (Å²) in [6.07, 6.45) is 2.93. The van der Waals surface area contributed by atoms with Crippen molar-refractivity contribution in [3.63, 3.8) is 0 Å². The molecular weight excluding hydrogens is 471 g/mol. The minimum atomic E-state index is -0.518. The lowest BCUT2D eigenvalue weighted by Crippen LogP contribution is -2.43. The van der Waals surface area contributed by atoms with Gasteiger partial charge in [-0.15, -0.1) is 0 Å². The Labute approximate surface area is 197 Å². The zero-order valence-corrected chi connectivity index (χ0v) is 19.4. The Bertz CT molecular complexity index is 1260. The van der Waals surface area contributed by atoms with Crippen LogP contribution in [0.1, 0.15) is 19.8 Å². The van der Waals surface area contributed by atoms with Crippen molar-refractivity contribution in [1.29, 1.82) is 0 Å². The van der Waals surface area contributed by atoms with E-state index >= 15 is 0 Å². The topological polar surface area (TPSA) is 109 Å². The van der Waals surface area contributed by atoms with Crippen molar-refractivity contribution in [3.05, 3.63) is 45.7 Å². The molecule has 0 aliphatic carbocycles. The summed E-state index contributed by atoms with van der Waals surface area (Å²) in [5, 5.41) is 6.11. The number of hydrogen-bond donors (Lipinski definition) is 2. The van der Waals surface area contributed by atoms with E-state index < -0.39 is 11.7 Å². The number of piperidine rings is 1. The monoisotopic (exact) mass is 492 g/mol. The van der Waals surface area contributed by atoms with Crippen molar-refractivity contribution in [2.75, 3.05) is 29.9 Å². The van der Waals surface area contributed by atoms with Crippen LogP contribution >= 0.6 is 22.9 Å². The summed E-state index contributed by atoms with van der Waals surface area (Å²) in [5.41, 5.74) is 0.164. The van der Waals surface area contributed by atoms with Gasteiger partial charge in [0.1, 0.15) is 23.4 Å². The van der Waals surface area contributed by atoms with E-state index in [1.807, 2.05) is 11.8 Å². The van der Waals surface area contributed by atoms with Gasteiger partial charge in [-0.2, -0.15) is 4.98 Å². The van der Waals surface area contributed by atoms with E-state index in [9.17, 15) is 18.8 Å². The smallest absolute Gasteiger partial charge is 0.273 e. The first-order valence-corrected chi connectivity index (χ1v) is 11.7. The minimum absolute atomic E-state index is 0.0241. The Balaban J connectivity index is 1.50. The molecule has 4 rings (SSSR count). The fraction of sp³-hybridized carbons (Fsp3) is 0.381. The van der Waals surface area contributed by atoms with Gasteiger partial charge < -0.3 is 15.5 Å². The molecule has 9 nitrogen and oxygen atoms in total. The van der Waals surface area contributed by atoms with Gasteiger partial charge in [0.2, 0.25) is 11.8 Å². The van der Waals surface area contributed by atoms with E-state index in [0.717, 1.165) is 25.5 Å². The maximum atomic E-state index is 13.2. The van der Waals surface area contributed by atoms with E-state index in [2.05, 4.69) is 20.6 Å². The standard InChI is InChI=1S/C21H22ClFN6O3S/c1-2-24-19(31)12-4-3-7-28(9-12)21-27-18-17(33-21)20(32)29(11-25-18)10-16(30)26-15-6-5-13(23)8-14(15)22/h5-6,8,11-12H,2-4,7,9-10H2,1H3,(H,24,31)(H,26,30)/t12-/m0/s1. The Morgan fingerprint density at radius 2 is 2.18 bits per heavy atom. The molecule has 0 saturated carbocycles. The normalized spacial score (nSPS) is 16.1. The summed E-state index contributed by atoms with van der Waals surface area (Å²) in [6, 6.07) is 3.62. The van der Waals surface area contributed by atoms with E-state index in [0.29, 0.717) is 28.6 Å². The lowest BCUT2D eigenvalue weighted by molar-refractivity contribution is -0.125. The van der Waals surface area contributed by atoms with Crippen LogP contribution < -0.4 is 21.1 Å². The fourth-order valence-electron chi connectivity index (χ4n) is 3.70. The number of benzene rings is 1. The molecule has 174 valence electrons. The Kier molecular flexibility index (Phi) is 6.89. The third-order valence-corrected chi connectivity index (χ3v) is 6.71. The van der Waals surface area contributed by atoms with Crippen LogP contribution in [0.3, 0.4) is 0 Å². The lowest BCUT2D eigenvalue weighted by Gasteiger charge is -2.31. The molecule has 0 unspecified atom stereocenters. The maximum absolute atomic E-state index is 13.2. The van der Waals surface area contributed by atoms with Crippen molar-refractivity contribution in [1.82, 2.24) is 19.9 Å². The maximum Gasteiger partial charge on any atom is 0.273 e. The predicted molar refractivity (Wildman–Crippen MR) is 125 cm³/mol. The second-order valence-corrected chi connectivity index (χ2v) is 9.06. The molecule has 0 bridgehead atoms. The van der Waals surface area contributed by atoms with E-state index in [-0.39, 0.29) is 34.6 Å². The Morgan fingerprint density at radius 3 is 2.94 bits per heavy atom. The van der Waals surface area contributed by atoms with Gasteiger partial charge in [-0.1, -0.05) is 22.9 Å². The quantitative estimate of drug-likeness (QED) is 0.547. The number of nitrogens with zero attached hydrogens (tertiary/aromatic N) is 4. The van der Waals surface area contributed by atoms with E-state index in [1.54, 1.807) is 0 Å². The van der Waals surface area contributed by atoms with Crippen molar-refractivity contribution < 1.29 is 14.0 Å². The predicted octanol–water partition coefficient (Wildman–Crippen LogP) is 2.64. The van der Waals surface area contributed by atoms with Gasteiger partial charge in [0.05, 0.1) is 16.6 Å². The van der Waals surface area contributed by atoms with Crippen LogP contribution in [-0.2, 0) is 16.1 Å². The molecule has 12 heteroatoms. The first-order chi connectivity index (χ1) is 15.9. The van der Waals surface area contributed by atoms with Crippen LogP contribution in [0.4, 0.5) is 15.2 Å². The van der Waals surface area contributed by atoms with Crippen molar-refractivity contribution in [2.24, 2.45) is 5.92 Å². The summed E-state index contributed by atoms with van der Waals surface area (Å²) < 4.78 is 14.7. The lowest BCUT2D eigenvalue weighted by atomic mass is 9.97. The number of anilines is 2. The van der Waals surface area contributed by atoms with Crippen LogP contribution in [0.15, 0.2) is 29.3 Å². The van der Waals surface area contributed by atoms with Crippen LogP contribution in [0, 0.1) is 11.7 Å². The molecule has 0 spiro atoms. The number of rotatable bonds is 6. The Morgan fingerprint density at radius 1 is 1.36 bits per heavy atom. The number of carbonyl (C=O) groups excluding carboxylic acids is 2. The third-order valence-electron chi connectivity index (χ3n) is 5.31. The van der Waals surface area contributed by atoms with Crippen LogP contribution in [-0.4, -0.2) is 46.0 Å². The number of fused-ring (bicyclic) bond motifs is 1. The summed E-state index contributed by atoms with van der Waals surface area (Å²) in [7, 11) is 0. The van der Waals surface area contributed by atoms with Crippen molar-refractivity contribution in [2.45, 2.75) is 26.3 Å². The fourth-order valence-corrected chi connectivity index (χ4v) is 4.92. The number of thiazole rings is 1. The molecule has 2 amide bonds. The van der Waals surface area contributed by atoms with Gasteiger partial charge in [-0.25, -0.2) is 9.37 Å². The molecule has 3 aromatic rings. The molecule has 3 heterocycles. The molecule has 2 aromatic heterocycles. The van der Waals surface area contributed by atoms with Gasteiger partial charge in [0, 0.05) is 19.6 Å². The number of amides is 2. The summed E-state index contributed by atoms with van der Waals surface area (Å²) in [4.78, 5) is 48.3. The molecule has 1 aliphatic rings.